The van der Waals surface area contributed by atoms with Crippen molar-refractivity contribution in [3.05, 3.63) is 0 Å². The molecule has 2 saturated heterocycles. The largest absolute Gasteiger partial charge is 1.00 e. The minimum absolute atomic E-state index is 0. The van der Waals surface area contributed by atoms with Gasteiger partial charge in [0.05, 0.1) is 5.60 Å². The van der Waals surface area contributed by atoms with Gasteiger partial charge in [-0.05, 0) is 12.2 Å². The first kappa shape index (κ1) is 13.5. The van der Waals surface area contributed by atoms with Crippen molar-refractivity contribution in [3.8, 4) is 0 Å². The molecule has 0 aromatic rings. The van der Waals surface area contributed by atoms with Gasteiger partial charge < -0.3 is 23.0 Å². The summed E-state index contributed by atoms with van der Waals surface area (Å²) in [7, 11) is 0. The van der Waals surface area contributed by atoms with Crippen LogP contribution in [-0.4, -0.2) is 32.3 Å². The van der Waals surface area contributed by atoms with E-state index in [0.29, 0.717) is 19.5 Å². The van der Waals surface area contributed by atoms with Crippen LogP contribution < -0.4 is 56.7 Å². The zero-order valence-electron chi connectivity index (χ0n) is 8.23. The molecule has 7 heteroatoms. The second-order valence-electron chi connectivity index (χ2n) is 4.02. The molecule has 2 aliphatic heterocycles. The van der Waals surface area contributed by atoms with Gasteiger partial charge in [-0.25, -0.2) is 0 Å². The van der Waals surface area contributed by atoms with Crippen LogP contribution >= 0.6 is 0 Å². The molecule has 0 radical (unpaired) electrons. The zero-order valence-corrected chi connectivity index (χ0v) is 11.4. The van der Waals surface area contributed by atoms with E-state index < -0.39 is 12.8 Å². The van der Waals surface area contributed by atoms with Crippen molar-refractivity contribution in [1.82, 2.24) is 5.32 Å². The molecule has 2 rings (SSSR count). The van der Waals surface area contributed by atoms with E-state index in [-0.39, 0.29) is 70.0 Å². The van der Waals surface area contributed by atoms with Crippen molar-refractivity contribution in [2.45, 2.75) is 24.3 Å². The molecular formula is C7H12BF3KNO. The molecule has 2 fully saturated rings. The minimum Gasteiger partial charge on any atom is -0.449 e. The minimum atomic E-state index is -4.70. The van der Waals surface area contributed by atoms with Gasteiger partial charge in [0.2, 0.25) is 0 Å². The van der Waals surface area contributed by atoms with Crippen molar-refractivity contribution in [2.24, 2.45) is 0 Å². The molecule has 0 aromatic heterocycles. The van der Waals surface area contributed by atoms with E-state index in [1.165, 1.54) is 0 Å². The average Bonchev–Trinajstić information content (AvgIpc) is 2.00. The fraction of sp³-hybridized carbons (Fsp3) is 1.00. The number of ether oxygens (including phenoxy) is 1. The molecule has 0 amide bonds. The topological polar surface area (TPSA) is 21.3 Å². The Morgan fingerprint density at radius 1 is 1.29 bits per heavy atom. The zero-order chi connectivity index (χ0) is 9.53. The summed E-state index contributed by atoms with van der Waals surface area (Å²) in [6, 6.07) is 0. The Kier molecular flexibility index (Phi) is 4.55. The molecule has 76 valence electrons. The van der Waals surface area contributed by atoms with Crippen LogP contribution in [-0.2, 0) is 4.74 Å². The third-order valence-corrected chi connectivity index (χ3v) is 3.00. The smallest absolute Gasteiger partial charge is 0.449 e. The average molecular weight is 233 g/mol. The number of halogens is 3. The van der Waals surface area contributed by atoms with E-state index in [4.69, 9.17) is 4.74 Å². The van der Waals surface area contributed by atoms with Crippen LogP contribution in [0.25, 0.3) is 0 Å². The first-order valence-corrected chi connectivity index (χ1v) is 4.57. The van der Waals surface area contributed by atoms with E-state index in [9.17, 15) is 12.9 Å². The van der Waals surface area contributed by atoms with Gasteiger partial charge in [-0.1, -0.05) is 6.42 Å². The van der Waals surface area contributed by atoms with Gasteiger partial charge in [-0.3, -0.25) is 0 Å². The summed E-state index contributed by atoms with van der Waals surface area (Å²) in [4.78, 5) is 0. The maximum atomic E-state index is 12.3. The maximum Gasteiger partial charge on any atom is 1.00 e. The van der Waals surface area contributed by atoms with Gasteiger partial charge in [-0.15, -0.1) is 0 Å². The predicted octanol–water partition coefficient (Wildman–Crippen LogP) is -1.64. The van der Waals surface area contributed by atoms with E-state index in [1.807, 2.05) is 0 Å². The summed E-state index contributed by atoms with van der Waals surface area (Å²) in [5.74, 6) is -1.19. The second-order valence-corrected chi connectivity index (χ2v) is 4.02. The van der Waals surface area contributed by atoms with E-state index in [0.717, 1.165) is 0 Å². The summed E-state index contributed by atoms with van der Waals surface area (Å²) in [6.45, 7) is -3.41. The van der Waals surface area contributed by atoms with Crippen molar-refractivity contribution in [1.29, 1.82) is 0 Å². The van der Waals surface area contributed by atoms with Crippen LogP contribution in [0.1, 0.15) is 12.8 Å². The maximum absolute atomic E-state index is 12.3. The molecule has 0 aliphatic carbocycles. The molecular weight excluding hydrogens is 221 g/mol. The molecule has 14 heavy (non-hydrogen) atoms. The first-order valence-electron chi connectivity index (χ1n) is 4.57. The standard InChI is InChI=1S/C7H12BF3NO.K/c9-8(10,11)6-1-2-7(13-3-6)4-12-5-7;/h6,12H,1-5H2;/q-1;+1. The molecule has 1 atom stereocenters. The fourth-order valence-corrected chi connectivity index (χ4v) is 1.87. The third-order valence-electron chi connectivity index (χ3n) is 3.00. The SMILES string of the molecule is F[B-](F)(F)C1CCC2(CNC2)OC1.[K+]. The number of hydrogen-bond donors (Lipinski definition) is 1. The number of nitrogens with one attached hydrogen (secondary N) is 1. The number of hydrogen-bond acceptors (Lipinski definition) is 2. The monoisotopic (exact) mass is 233 g/mol. The molecule has 1 spiro atoms. The Hall–Kier alpha value is 1.41. The van der Waals surface area contributed by atoms with Crippen molar-refractivity contribution in [3.63, 3.8) is 0 Å². The predicted molar refractivity (Wildman–Crippen MR) is 43.6 cm³/mol. The Bertz CT molecular complexity index is 200. The molecule has 2 aliphatic rings. The van der Waals surface area contributed by atoms with Crippen molar-refractivity contribution in [2.75, 3.05) is 19.7 Å². The first-order chi connectivity index (χ1) is 6.02. The summed E-state index contributed by atoms with van der Waals surface area (Å²) < 4.78 is 42.1. The molecule has 2 heterocycles. The summed E-state index contributed by atoms with van der Waals surface area (Å²) in [5.41, 5.74) is -0.252. The Balaban J connectivity index is 0.000000980. The van der Waals surface area contributed by atoms with Gasteiger partial charge in [0.15, 0.2) is 0 Å². The third kappa shape index (κ3) is 2.75. The van der Waals surface area contributed by atoms with Crippen LogP contribution in [0.4, 0.5) is 12.9 Å². The molecule has 0 aromatic carbocycles. The number of rotatable bonds is 1. The Labute approximate surface area is 124 Å². The Morgan fingerprint density at radius 2 is 1.93 bits per heavy atom. The Morgan fingerprint density at radius 3 is 2.21 bits per heavy atom. The van der Waals surface area contributed by atoms with Gasteiger partial charge in [0.1, 0.15) is 0 Å². The van der Waals surface area contributed by atoms with Crippen LogP contribution in [0.15, 0.2) is 0 Å². The van der Waals surface area contributed by atoms with Crippen LogP contribution in [0, 0.1) is 0 Å². The molecule has 2 nitrogen and oxygen atoms in total. The van der Waals surface area contributed by atoms with E-state index >= 15 is 0 Å². The van der Waals surface area contributed by atoms with Crippen LogP contribution in [0.3, 0.4) is 0 Å². The van der Waals surface area contributed by atoms with Crippen LogP contribution in [0.5, 0.6) is 0 Å². The summed E-state index contributed by atoms with van der Waals surface area (Å²) in [5, 5.41) is 3.02. The van der Waals surface area contributed by atoms with E-state index in [2.05, 4.69) is 5.32 Å². The second kappa shape index (κ2) is 4.73. The van der Waals surface area contributed by atoms with Crippen LogP contribution in [0.2, 0.25) is 5.82 Å². The molecule has 0 saturated carbocycles. The van der Waals surface area contributed by atoms with Gasteiger partial charge in [0.25, 0.3) is 0 Å². The van der Waals surface area contributed by atoms with Gasteiger partial charge in [0, 0.05) is 19.7 Å². The molecule has 1 unspecified atom stereocenters. The fourth-order valence-electron chi connectivity index (χ4n) is 1.87. The summed E-state index contributed by atoms with van der Waals surface area (Å²) in [6.07, 6.45) is 0.789. The van der Waals surface area contributed by atoms with Crippen molar-refractivity contribution >= 4 is 6.98 Å². The molecule has 0 bridgehead atoms. The quantitative estimate of drug-likeness (QED) is 0.548. The molecule has 1 N–H and O–H groups in total. The van der Waals surface area contributed by atoms with Crippen molar-refractivity contribution < 1.29 is 69.1 Å². The van der Waals surface area contributed by atoms with E-state index in [1.54, 1.807) is 0 Å². The van der Waals surface area contributed by atoms with Gasteiger partial charge in [-0.2, -0.15) is 0 Å². The van der Waals surface area contributed by atoms with Gasteiger partial charge >= 0.3 is 58.4 Å². The normalized spacial score (nSPS) is 30.6. The summed E-state index contributed by atoms with van der Waals surface area (Å²) >= 11 is 0.